The molecule has 0 amide bonds. The largest absolute Gasteiger partial charge is 0.262 e. The highest BCUT2D eigenvalue weighted by Gasteiger charge is 2.03. The zero-order chi connectivity index (χ0) is 7.56. The molecule has 0 atom stereocenters. The molecule has 0 saturated carbocycles. The van der Waals surface area contributed by atoms with E-state index in [0.717, 1.165) is 12.3 Å². The maximum Gasteiger partial charge on any atom is 0.144 e. The van der Waals surface area contributed by atoms with Gasteiger partial charge in [0.05, 0.1) is 6.20 Å². The molecule has 0 bridgehead atoms. The first kappa shape index (κ1) is 7.12. The molecule has 0 N–H and O–H groups in total. The summed E-state index contributed by atoms with van der Waals surface area (Å²) in [5.41, 5.74) is 0.585. The van der Waals surface area contributed by atoms with Crippen LogP contribution in [0.4, 0.5) is 8.78 Å². The van der Waals surface area contributed by atoms with Crippen LogP contribution in [-0.4, -0.2) is 5.71 Å². The maximum atomic E-state index is 12.4. The van der Waals surface area contributed by atoms with Crippen molar-refractivity contribution in [1.82, 2.24) is 0 Å². The van der Waals surface area contributed by atoms with Gasteiger partial charge in [-0.25, -0.2) is 8.78 Å². The molecule has 0 unspecified atom stereocenters. The fourth-order valence-electron chi connectivity index (χ4n) is 0.700. The van der Waals surface area contributed by atoms with Crippen molar-refractivity contribution in [2.75, 3.05) is 0 Å². The highest BCUT2D eigenvalue weighted by Crippen LogP contribution is 2.13. The Hall–Kier alpha value is -0.990. The Morgan fingerprint density at radius 3 is 2.90 bits per heavy atom. The van der Waals surface area contributed by atoms with Crippen molar-refractivity contribution < 1.29 is 8.78 Å². The van der Waals surface area contributed by atoms with E-state index < -0.39 is 11.7 Å². The number of aliphatic imine (C=N–C) groups is 1. The van der Waals surface area contributed by atoms with E-state index in [2.05, 4.69) is 4.99 Å². The normalized spacial score (nSPS) is 18.9. The second kappa shape index (κ2) is 2.73. The monoisotopic (exact) mass is 143 g/mol. The molecule has 1 aliphatic heterocycles. The van der Waals surface area contributed by atoms with Gasteiger partial charge in [0.2, 0.25) is 0 Å². The van der Waals surface area contributed by atoms with Crippen LogP contribution < -0.4 is 0 Å². The molecular formula is C7H7F2N. The van der Waals surface area contributed by atoms with E-state index in [1.165, 1.54) is 0 Å². The highest BCUT2D eigenvalue weighted by molar-refractivity contribution is 5.84. The van der Waals surface area contributed by atoms with Gasteiger partial charge in [0, 0.05) is 18.2 Å². The average molecular weight is 143 g/mol. The lowest BCUT2D eigenvalue weighted by Crippen LogP contribution is -1.88. The first-order valence-electron chi connectivity index (χ1n) is 2.93. The number of nitrogens with zero attached hydrogens (tertiary/aromatic N) is 1. The van der Waals surface area contributed by atoms with Crippen LogP contribution in [-0.2, 0) is 0 Å². The Balaban J connectivity index is 2.90. The van der Waals surface area contributed by atoms with E-state index in [1.807, 2.05) is 0 Å². The topological polar surface area (TPSA) is 12.4 Å². The molecule has 0 aliphatic carbocycles. The molecule has 0 saturated heterocycles. The van der Waals surface area contributed by atoms with E-state index in [4.69, 9.17) is 0 Å². The Bertz CT molecular complexity index is 226. The molecule has 1 nitrogen and oxygen atoms in total. The van der Waals surface area contributed by atoms with Gasteiger partial charge < -0.3 is 0 Å². The van der Waals surface area contributed by atoms with Gasteiger partial charge in [-0.2, -0.15) is 0 Å². The van der Waals surface area contributed by atoms with Crippen molar-refractivity contribution in [3.8, 4) is 0 Å². The molecule has 54 valence electrons. The lowest BCUT2D eigenvalue weighted by molar-refractivity contribution is 0.605. The molecular weight excluding hydrogens is 136 g/mol. The minimum atomic E-state index is -0.630. The molecule has 0 radical (unpaired) electrons. The zero-order valence-corrected chi connectivity index (χ0v) is 5.56. The molecule has 1 rings (SSSR count). The molecule has 0 aromatic carbocycles. The number of hydrogen-bond acceptors (Lipinski definition) is 1. The quantitative estimate of drug-likeness (QED) is 0.494. The second-order valence-corrected chi connectivity index (χ2v) is 2.15. The van der Waals surface area contributed by atoms with Gasteiger partial charge in [0.1, 0.15) is 11.7 Å². The molecule has 3 heteroatoms. The molecule has 0 aromatic heterocycles. The minimum Gasteiger partial charge on any atom is -0.262 e. The Kier molecular flexibility index (Phi) is 1.94. The predicted molar refractivity (Wildman–Crippen MR) is 36.1 cm³/mol. The SMILES string of the molecule is CC1=NC=C(F)C=C(F)C1. The van der Waals surface area contributed by atoms with E-state index >= 15 is 0 Å². The second-order valence-electron chi connectivity index (χ2n) is 2.15. The summed E-state index contributed by atoms with van der Waals surface area (Å²) >= 11 is 0. The molecule has 0 fully saturated rings. The van der Waals surface area contributed by atoms with E-state index in [9.17, 15) is 8.78 Å². The molecule has 0 aromatic rings. The van der Waals surface area contributed by atoms with E-state index in [1.54, 1.807) is 6.92 Å². The van der Waals surface area contributed by atoms with Gasteiger partial charge in [-0.1, -0.05) is 0 Å². The van der Waals surface area contributed by atoms with Crippen molar-refractivity contribution in [1.29, 1.82) is 0 Å². The Morgan fingerprint density at radius 2 is 2.20 bits per heavy atom. The summed E-state index contributed by atoms with van der Waals surface area (Å²) < 4.78 is 24.7. The van der Waals surface area contributed by atoms with Gasteiger partial charge in [-0.05, 0) is 6.92 Å². The van der Waals surface area contributed by atoms with Gasteiger partial charge in [0.25, 0.3) is 0 Å². The van der Waals surface area contributed by atoms with Crippen LogP contribution in [0.15, 0.2) is 28.9 Å². The van der Waals surface area contributed by atoms with Crippen molar-refractivity contribution in [2.24, 2.45) is 4.99 Å². The summed E-state index contributed by atoms with van der Waals surface area (Å²) in [5.74, 6) is -1.11. The fraction of sp³-hybridized carbons (Fsp3) is 0.286. The number of allylic oxidation sites excluding steroid dienone is 3. The van der Waals surface area contributed by atoms with Crippen LogP contribution in [0.1, 0.15) is 13.3 Å². The first-order chi connectivity index (χ1) is 4.68. The summed E-state index contributed by atoms with van der Waals surface area (Å²) in [6.45, 7) is 1.66. The number of rotatable bonds is 0. The summed E-state index contributed by atoms with van der Waals surface area (Å²) in [5, 5.41) is 0. The first-order valence-corrected chi connectivity index (χ1v) is 2.93. The smallest absolute Gasteiger partial charge is 0.144 e. The zero-order valence-electron chi connectivity index (χ0n) is 5.56. The van der Waals surface area contributed by atoms with E-state index in [-0.39, 0.29) is 6.42 Å². The molecule has 10 heavy (non-hydrogen) atoms. The fourth-order valence-corrected chi connectivity index (χ4v) is 0.700. The summed E-state index contributed by atoms with van der Waals surface area (Å²) in [4.78, 5) is 3.64. The lowest BCUT2D eigenvalue weighted by Gasteiger charge is -1.90. The third-order valence-electron chi connectivity index (χ3n) is 1.13. The van der Waals surface area contributed by atoms with Crippen LogP contribution in [0.25, 0.3) is 0 Å². The number of halogens is 2. The number of hydrogen-bond donors (Lipinski definition) is 0. The van der Waals surface area contributed by atoms with Crippen LogP contribution in [0.2, 0.25) is 0 Å². The van der Waals surface area contributed by atoms with Crippen LogP contribution >= 0.6 is 0 Å². The minimum absolute atomic E-state index is 0.115. The third-order valence-corrected chi connectivity index (χ3v) is 1.13. The Labute approximate surface area is 57.8 Å². The summed E-state index contributed by atoms with van der Waals surface area (Å²) in [7, 11) is 0. The summed E-state index contributed by atoms with van der Waals surface area (Å²) in [6, 6.07) is 0. The molecule has 0 spiro atoms. The average Bonchev–Trinajstić information content (AvgIpc) is 1.93. The van der Waals surface area contributed by atoms with Crippen LogP contribution in [0, 0.1) is 0 Å². The van der Waals surface area contributed by atoms with Crippen LogP contribution in [0.3, 0.4) is 0 Å². The molecule has 1 heterocycles. The Morgan fingerprint density at radius 1 is 1.50 bits per heavy atom. The lowest BCUT2D eigenvalue weighted by atomic mass is 10.2. The maximum absolute atomic E-state index is 12.4. The van der Waals surface area contributed by atoms with Gasteiger partial charge in [-0.15, -0.1) is 0 Å². The van der Waals surface area contributed by atoms with Gasteiger partial charge in [-0.3, -0.25) is 4.99 Å². The van der Waals surface area contributed by atoms with Gasteiger partial charge >= 0.3 is 0 Å². The van der Waals surface area contributed by atoms with Crippen LogP contribution in [0.5, 0.6) is 0 Å². The standard InChI is InChI=1S/C7H7F2N/c1-5-2-6(8)3-7(9)4-10-5/h3-4H,2H2,1H3. The summed E-state index contributed by atoms with van der Waals surface area (Å²) in [6.07, 6.45) is 1.98. The van der Waals surface area contributed by atoms with Crippen molar-refractivity contribution in [2.45, 2.75) is 13.3 Å². The van der Waals surface area contributed by atoms with Crippen molar-refractivity contribution >= 4 is 5.71 Å². The van der Waals surface area contributed by atoms with E-state index in [0.29, 0.717) is 5.71 Å². The van der Waals surface area contributed by atoms with Gasteiger partial charge in [0.15, 0.2) is 0 Å². The third kappa shape index (κ3) is 1.76. The highest BCUT2D eigenvalue weighted by atomic mass is 19.1. The molecule has 1 aliphatic rings. The van der Waals surface area contributed by atoms with Crippen molar-refractivity contribution in [3.63, 3.8) is 0 Å². The predicted octanol–water partition coefficient (Wildman–Crippen LogP) is 2.52. The van der Waals surface area contributed by atoms with Crippen molar-refractivity contribution in [3.05, 3.63) is 23.9 Å².